The first-order valence-electron chi connectivity index (χ1n) is 9.56. The first-order chi connectivity index (χ1) is 14.1. The lowest BCUT2D eigenvalue weighted by atomic mass is 10.2. The van der Waals surface area contributed by atoms with Crippen molar-refractivity contribution in [1.82, 2.24) is 14.8 Å². The number of fused-ring (bicyclic) bond motifs is 1. The predicted molar refractivity (Wildman–Crippen MR) is 109 cm³/mol. The molecular formula is C22H23N3O4. The Hall–Kier alpha value is -3.48. The molecule has 0 spiro atoms. The molecule has 3 aromatic rings. The number of rotatable bonds is 5. The summed E-state index contributed by atoms with van der Waals surface area (Å²) in [6.45, 7) is 1.97. The lowest BCUT2D eigenvalue weighted by Crippen LogP contribution is -2.51. The highest BCUT2D eigenvalue weighted by molar-refractivity contribution is 5.98. The molecule has 1 fully saturated rings. The van der Waals surface area contributed by atoms with Gasteiger partial charge in [-0.3, -0.25) is 9.59 Å². The van der Waals surface area contributed by atoms with Crippen molar-refractivity contribution in [2.75, 3.05) is 39.9 Å². The number of nitrogens with one attached hydrogen (secondary N) is 1. The minimum atomic E-state index is -0.0847. The van der Waals surface area contributed by atoms with E-state index in [2.05, 4.69) is 4.98 Å². The van der Waals surface area contributed by atoms with Crippen LogP contribution in [0.15, 0.2) is 54.6 Å². The molecule has 29 heavy (non-hydrogen) atoms. The molecule has 1 aromatic heterocycles. The molecule has 1 aliphatic heterocycles. The number of carbonyl (C=O) groups is 2. The maximum absolute atomic E-state index is 12.8. The van der Waals surface area contributed by atoms with E-state index in [1.807, 2.05) is 30.3 Å². The SMILES string of the molecule is COc1ccc(OCC(=O)N2CCN(C(=O)c3cc4ccccc4[nH]3)CC2)cc1. The quantitative estimate of drug-likeness (QED) is 0.723. The molecule has 150 valence electrons. The molecule has 1 saturated heterocycles. The summed E-state index contributed by atoms with van der Waals surface area (Å²) in [7, 11) is 1.60. The van der Waals surface area contributed by atoms with Gasteiger partial charge >= 0.3 is 0 Å². The minimum Gasteiger partial charge on any atom is -0.497 e. The Balaban J connectivity index is 1.29. The van der Waals surface area contributed by atoms with E-state index in [0.29, 0.717) is 37.6 Å². The summed E-state index contributed by atoms with van der Waals surface area (Å²) in [4.78, 5) is 31.9. The second-order valence-corrected chi connectivity index (χ2v) is 6.91. The maximum atomic E-state index is 12.8. The average molecular weight is 393 g/mol. The maximum Gasteiger partial charge on any atom is 0.270 e. The van der Waals surface area contributed by atoms with E-state index in [0.717, 1.165) is 16.7 Å². The number of H-pyrrole nitrogens is 1. The standard InChI is InChI=1S/C22H23N3O4/c1-28-17-6-8-18(9-7-17)29-15-21(26)24-10-12-25(13-11-24)22(27)20-14-16-4-2-3-5-19(16)23-20/h2-9,14,23H,10-13,15H2,1H3. The number of aromatic amines is 1. The van der Waals surface area contributed by atoms with Crippen LogP contribution in [0, 0.1) is 0 Å². The number of piperazine rings is 1. The minimum absolute atomic E-state index is 0.0255. The van der Waals surface area contributed by atoms with Gasteiger partial charge in [0.15, 0.2) is 6.61 Å². The number of hydrogen-bond acceptors (Lipinski definition) is 4. The zero-order chi connectivity index (χ0) is 20.2. The third-order valence-electron chi connectivity index (χ3n) is 5.10. The Kier molecular flexibility index (Phi) is 5.37. The molecule has 2 heterocycles. The molecule has 0 aliphatic carbocycles. The number of methoxy groups -OCH3 is 1. The summed E-state index contributed by atoms with van der Waals surface area (Å²) in [6, 6.07) is 16.8. The van der Waals surface area contributed by atoms with E-state index in [9.17, 15) is 9.59 Å². The van der Waals surface area contributed by atoms with Crippen molar-refractivity contribution in [1.29, 1.82) is 0 Å². The lowest BCUT2D eigenvalue weighted by Gasteiger charge is -2.34. The van der Waals surface area contributed by atoms with Crippen LogP contribution in [0.4, 0.5) is 0 Å². The number of benzene rings is 2. The number of carbonyl (C=O) groups excluding carboxylic acids is 2. The van der Waals surface area contributed by atoms with Crippen LogP contribution in [-0.4, -0.2) is 66.5 Å². The Bertz CT molecular complexity index is 971. The van der Waals surface area contributed by atoms with Gasteiger partial charge in [-0.05, 0) is 36.4 Å². The summed E-state index contributed by atoms with van der Waals surface area (Å²) in [5, 5.41) is 1.01. The molecule has 2 amide bonds. The largest absolute Gasteiger partial charge is 0.497 e. The summed E-state index contributed by atoms with van der Waals surface area (Å²) in [5.41, 5.74) is 1.52. The molecule has 7 heteroatoms. The zero-order valence-corrected chi connectivity index (χ0v) is 16.3. The van der Waals surface area contributed by atoms with Crippen molar-refractivity contribution < 1.29 is 19.1 Å². The molecule has 7 nitrogen and oxygen atoms in total. The van der Waals surface area contributed by atoms with Crippen LogP contribution in [0.5, 0.6) is 11.5 Å². The van der Waals surface area contributed by atoms with Crippen molar-refractivity contribution >= 4 is 22.7 Å². The molecule has 0 atom stereocenters. The third kappa shape index (κ3) is 4.18. The molecule has 0 unspecified atom stereocenters. The molecule has 4 rings (SSSR count). The van der Waals surface area contributed by atoms with Crippen LogP contribution in [0.3, 0.4) is 0 Å². The molecular weight excluding hydrogens is 370 g/mol. The van der Waals surface area contributed by atoms with Gasteiger partial charge in [-0.25, -0.2) is 0 Å². The Morgan fingerprint density at radius 1 is 0.931 bits per heavy atom. The van der Waals surface area contributed by atoms with Crippen LogP contribution < -0.4 is 9.47 Å². The predicted octanol–water partition coefficient (Wildman–Crippen LogP) is 2.54. The normalized spacial score (nSPS) is 14.1. The van der Waals surface area contributed by atoms with Crippen LogP contribution in [-0.2, 0) is 4.79 Å². The summed E-state index contributed by atoms with van der Waals surface area (Å²) in [6.07, 6.45) is 0. The van der Waals surface area contributed by atoms with Gasteiger partial charge < -0.3 is 24.3 Å². The Labute approximate surface area is 168 Å². The number of amides is 2. The number of ether oxygens (including phenoxy) is 2. The molecule has 1 N–H and O–H groups in total. The highest BCUT2D eigenvalue weighted by Gasteiger charge is 2.25. The van der Waals surface area contributed by atoms with E-state index in [-0.39, 0.29) is 18.4 Å². The first kappa shape index (κ1) is 18.9. The molecule has 0 saturated carbocycles. The van der Waals surface area contributed by atoms with E-state index in [1.54, 1.807) is 41.2 Å². The van der Waals surface area contributed by atoms with Crippen molar-refractivity contribution in [3.8, 4) is 11.5 Å². The summed E-state index contributed by atoms with van der Waals surface area (Å²) < 4.78 is 10.7. The van der Waals surface area contributed by atoms with Gasteiger partial charge in [-0.15, -0.1) is 0 Å². The summed E-state index contributed by atoms with van der Waals surface area (Å²) >= 11 is 0. The fraction of sp³-hybridized carbons (Fsp3) is 0.273. The summed E-state index contributed by atoms with van der Waals surface area (Å²) in [5.74, 6) is 1.23. The van der Waals surface area contributed by atoms with E-state index in [4.69, 9.17) is 9.47 Å². The van der Waals surface area contributed by atoms with Gasteiger partial charge in [0.2, 0.25) is 0 Å². The van der Waals surface area contributed by atoms with Crippen molar-refractivity contribution in [3.05, 3.63) is 60.3 Å². The Morgan fingerprint density at radius 3 is 2.28 bits per heavy atom. The highest BCUT2D eigenvalue weighted by Crippen LogP contribution is 2.18. The van der Waals surface area contributed by atoms with Gasteiger partial charge in [-0.2, -0.15) is 0 Å². The van der Waals surface area contributed by atoms with Gasteiger partial charge in [0.05, 0.1) is 7.11 Å². The zero-order valence-electron chi connectivity index (χ0n) is 16.3. The van der Waals surface area contributed by atoms with Gasteiger partial charge in [-0.1, -0.05) is 18.2 Å². The highest BCUT2D eigenvalue weighted by atomic mass is 16.5. The lowest BCUT2D eigenvalue weighted by molar-refractivity contribution is -0.134. The van der Waals surface area contributed by atoms with E-state index in [1.165, 1.54) is 0 Å². The smallest absolute Gasteiger partial charge is 0.270 e. The van der Waals surface area contributed by atoms with Crippen molar-refractivity contribution in [2.24, 2.45) is 0 Å². The van der Waals surface area contributed by atoms with Crippen LogP contribution in [0.25, 0.3) is 10.9 Å². The second-order valence-electron chi connectivity index (χ2n) is 6.91. The monoisotopic (exact) mass is 393 g/mol. The molecule has 0 bridgehead atoms. The Morgan fingerprint density at radius 2 is 1.59 bits per heavy atom. The van der Waals surface area contributed by atoms with E-state index < -0.39 is 0 Å². The molecule has 0 radical (unpaired) electrons. The van der Waals surface area contributed by atoms with Crippen LogP contribution in [0.2, 0.25) is 0 Å². The van der Waals surface area contributed by atoms with Gasteiger partial charge in [0.25, 0.3) is 11.8 Å². The number of aromatic nitrogens is 1. The number of para-hydroxylation sites is 1. The first-order valence-corrected chi connectivity index (χ1v) is 9.56. The number of hydrogen-bond donors (Lipinski definition) is 1. The van der Waals surface area contributed by atoms with Crippen LogP contribution in [0.1, 0.15) is 10.5 Å². The average Bonchev–Trinajstić information content (AvgIpc) is 3.22. The van der Waals surface area contributed by atoms with Crippen molar-refractivity contribution in [3.63, 3.8) is 0 Å². The fourth-order valence-corrected chi connectivity index (χ4v) is 3.43. The van der Waals surface area contributed by atoms with Crippen molar-refractivity contribution in [2.45, 2.75) is 0 Å². The number of nitrogens with zero attached hydrogens (tertiary/aromatic N) is 2. The molecule has 2 aromatic carbocycles. The van der Waals surface area contributed by atoms with E-state index >= 15 is 0 Å². The van der Waals surface area contributed by atoms with Gasteiger partial charge in [0, 0.05) is 37.1 Å². The second kappa shape index (κ2) is 8.26. The van der Waals surface area contributed by atoms with Crippen LogP contribution >= 0.6 is 0 Å². The topological polar surface area (TPSA) is 74.9 Å². The third-order valence-corrected chi connectivity index (χ3v) is 5.10. The van der Waals surface area contributed by atoms with Gasteiger partial charge in [0.1, 0.15) is 17.2 Å². The fourth-order valence-electron chi connectivity index (χ4n) is 3.43. The molecule has 1 aliphatic rings.